The molecule has 1 heterocycles. The van der Waals surface area contributed by atoms with Gasteiger partial charge in [-0.2, -0.15) is 0 Å². The van der Waals surface area contributed by atoms with Crippen LogP contribution in [0, 0.1) is 6.92 Å². The van der Waals surface area contributed by atoms with Gasteiger partial charge in [0.2, 0.25) is 12.7 Å². The van der Waals surface area contributed by atoms with Crippen LogP contribution in [-0.2, 0) is 17.9 Å². The van der Waals surface area contributed by atoms with Crippen molar-refractivity contribution in [2.75, 3.05) is 34.1 Å². The fraction of sp³-hybridized carbons (Fsp3) is 0.321. The van der Waals surface area contributed by atoms with Crippen molar-refractivity contribution in [3.63, 3.8) is 0 Å². The third-order valence-corrected chi connectivity index (χ3v) is 6.08. The fourth-order valence-corrected chi connectivity index (χ4v) is 4.14. The van der Waals surface area contributed by atoms with Gasteiger partial charge in [0.15, 0.2) is 11.5 Å². The Kier molecular flexibility index (Phi) is 8.17. The minimum atomic E-state index is -0.0508. The molecule has 1 amide bonds. The first-order valence-corrected chi connectivity index (χ1v) is 11.8. The number of carbonyl (C=O) groups excluding carboxylic acids is 1. The summed E-state index contributed by atoms with van der Waals surface area (Å²) in [5, 5.41) is 6.06. The molecular weight excluding hydrogens is 460 g/mol. The normalized spacial score (nSPS) is 11.8. The molecule has 8 heteroatoms. The van der Waals surface area contributed by atoms with Gasteiger partial charge in [0.05, 0.1) is 19.8 Å². The summed E-state index contributed by atoms with van der Waals surface area (Å²) in [5.41, 5.74) is 5.28. The third kappa shape index (κ3) is 5.83. The number of amides is 1. The van der Waals surface area contributed by atoms with Crippen LogP contribution in [0.5, 0.6) is 28.7 Å². The molecule has 3 aromatic rings. The molecule has 0 unspecified atom stereocenters. The van der Waals surface area contributed by atoms with Crippen LogP contribution in [0.2, 0.25) is 0 Å². The molecule has 1 aliphatic rings. The topological polar surface area (TPSA) is 87.3 Å². The second-order valence-electron chi connectivity index (χ2n) is 8.41. The molecule has 1 aliphatic heterocycles. The summed E-state index contributed by atoms with van der Waals surface area (Å²) in [6.07, 6.45) is 0. The van der Waals surface area contributed by atoms with E-state index in [9.17, 15) is 4.79 Å². The Labute approximate surface area is 211 Å². The van der Waals surface area contributed by atoms with Crippen LogP contribution in [0.15, 0.2) is 48.5 Å². The van der Waals surface area contributed by atoms with Crippen molar-refractivity contribution >= 4 is 5.91 Å². The molecule has 0 bridgehead atoms. The number of methoxy groups -OCH3 is 2. The van der Waals surface area contributed by atoms with Crippen molar-refractivity contribution in [2.45, 2.75) is 27.0 Å². The van der Waals surface area contributed by atoms with Gasteiger partial charge < -0.3 is 34.3 Å². The van der Waals surface area contributed by atoms with E-state index in [4.69, 9.17) is 23.7 Å². The molecular formula is C28H32N2O6. The second kappa shape index (κ2) is 11.7. The van der Waals surface area contributed by atoms with Gasteiger partial charge in [-0.25, -0.2) is 0 Å². The number of carbonyl (C=O) groups is 1. The van der Waals surface area contributed by atoms with Crippen LogP contribution in [-0.4, -0.2) is 40.0 Å². The molecule has 8 nitrogen and oxygen atoms in total. The summed E-state index contributed by atoms with van der Waals surface area (Å²) in [7, 11) is 3.25. The highest BCUT2D eigenvalue weighted by Crippen LogP contribution is 2.38. The SMILES string of the molecule is COc1cc(OCc2cccc(-c3ccc4c(c3)OCO4)c2C)cc(OC)c1CNCCNC(C)=O. The van der Waals surface area contributed by atoms with Gasteiger partial charge in [0, 0.05) is 38.7 Å². The Bertz CT molecular complexity index is 1200. The van der Waals surface area contributed by atoms with Crippen LogP contribution in [0.25, 0.3) is 11.1 Å². The van der Waals surface area contributed by atoms with Gasteiger partial charge in [-0.05, 0) is 41.3 Å². The molecule has 4 rings (SSSR count). The number of hydrogen-bond donors (Lipinski definition) is 2. The quantitative estimate of drug-likeness (QED) is 0.388. The van der Waals surface area contributed by atoms with E-state index in [0.29, 0.717) is 43.5 Å². The van der Waals surface area contributed by atoms with E-state index in [1.165, 1.54) is 6.92 Å². The minimum Gasteiger partial charge on any atom is -0.496 e. The highest BCUT2D eigenvalue weighted by atomic mass is 16.7. The molecule has 36 heavy (non-hydrogen) atoms. The molecule has 190 valence electrons. The standard InChI is InChI=1S/C28H32N2O6/c1-18-21(6-5-7-23(18)20-8-9-25-28(12-20)36-17-35-25)16-34-22-13-26(32-3)24(27(14-22)33-4)15-29-10-11-30-19(2)31/h5-9,12-14,29H,10-11,15-17H2,1-4H3,(H,30,31). The van der Waals surface area contributed by atoms with Crippen LogP contribution in [0.1, 0.15) is 23.6 Å². The number of benzene rings is 3. The fourth-order valence-electron chi connectivity index (χ4n) is 4.14. The van der Waals surface area contributed by atoms with E-state index < -0.39 is 0 Å². The van der Waals surface area contributed by atoms with E-state index in [0.717, 1.165) is 39.3 Å². The maximum absolute atomic E-state index is 11.0. The lowest BCUT2D eigenvalue weighted by molar-refractivity contribution is -0.118. The summed E-state index contributed by atoms with van der Waals surface area (Å²) in [6.45, 7) is 5.95. The van der Waals surface area contributed by atoms with Crippen molar-refractivity contribution < 1.29 is 28.5 Å². The predicted molar refractivity (Wildman–Crippen MR) is 137 cm³/mol. The Balaban J connectivity index is 1.47. The zero-order chi connectivity index (χ0) is 25.5. The zero-order valence-corrected chi connectivity index (χ0v) is 21.1. The van der Waals surface area contributed by atoms with Crippen LogP contribution in [0.3, 0.4) is 0 Å². The lowest BCUT2D eigenvalue weighted by Gasteiger charge is -2.17. The molecule has 0 saturated carbocycles. The maximum atomic E-state index is 11.0. The Hall–Kier alpha value is -3.91. The lowest BCUT2D eigenvalue weighted by Crippen LogP contribution is -2.30. The first kappa shape index (κ1) is 25.2. The number of hydrogen-bond acceptors (Lipinski definition) is 7. The number of fused-ring (bicyclic) bond motifs is 1. The molecule has 0 spiro atoms. The van der Waals surface area contributed by atoms with Gasteiger partial charge in [0.1, 0.15) is 23.9 Å². The van der Waals surface area contributed by atoms with E-state index in [1.54, 1.807) is 14.2 Å². The van der Waals surface area contributed by atoms with Crippen LogP contribution in [0.4, 0.5) is 0 Å². The third-order valence-electron chi connectivity index (χ3n) is 6.08. The average Bonchev–Trinajstić information content (AvgIpc) is 3.35. The Morgan fingerprint density at radius 2 is 1.72 bits per heavy atom. The number of rotatable bonds is 11. The van der Waals surface area contributed by atoms with Gasteiger partial charge in [0.25, 0.3) is 0 Å². The molecule has 0 radical (unpaired) electrons. The van der Waals surface area contributed by atoms with Gasteiger partial charge in [-0.15, -0.1) is 0 Å². The largest absolute Gasteiger partial charge is 0.496 e. The second-order valence-corrected chi connectivity index (χ2v) is 8.41. The zero-order valence-electron chi connectivity index (χ0n) is 21.1. The van der Waals surface area contributed by atoms with Crippen molar-refractivity contribution in [3.8, 4) is 39.9 Å². The first-order chi connectivity index (χ1) is 17.5. The van der Waals surface area contributed by atoms with Gasteiger partial charge >= 0.3 is 0 Å². The summed E-state index contributed by atoms with van der Waals surface area (Å²) in [5.74, 6) is 3.47. The monoisotopic (exact) mass is 492 g/mol. The van der Waals surface area contributed by atoms with Crippen molar-refractivity contribution in [1.82, 2.24) is 10.6 Å². The highest BCUT2D eigenvalue weighted by molar-refractivity contribution is 5.73. The van der Waals surface area contributed by atoms with Crippen molar-refractivity contribution in [1.29, 1.82) is 0 Å². The molecule has 3 aromatic carbocycles. The molecule has 2 N–H and O–H groups in total. The van der Waals surface area contributed by atoms with E-state index in [1.807, 2.05) is 36.4 Å². The van der Waals surface area contributed by atoms with Gasteiger partial charge in [-0.1, -0.05) is 24.3 Å². The lowest BCUT2D eigenvalue weighted by atomic mass is 9.96. The van der Waals surface area contributed by atoms with Gasteiger partial charge in [-0.3, -0.25) is 4.79 Å². The van der Waals surface area contributed by atoms with Crippen LogP contribution < -0.4 is 34.3 Å². The Morgan fingerprint density at radius 3 is 2.44 bits per heavy atom. The molecule has 0 saturated heterocycles. The molecule has 0 atom stereocenters. The molecule has 0 aliphatic carbocycles. The van der Waals surface area contributed by atoms with E-state index in [2.05, 4.69) is 29.7 Å². The van der Waals surface area contributed by atoms with Crippen molar-refractivity contribution in [3.05, 3.63) is 65.2 Å². The predicted octanol–water partition coefficient (Wildman–Crippen LogP) is 4.21. The highest BCUT2D eigenvalue weighted by Gasteiger charge is 2.16. The maximum Gasteiger partial charge on any atom is 0.231 e. The summed E-state index contributed by atoms with van der Waals surface area (Å²) < 4.78 is 28.4. The van der Waals surface area contributed by atoms with E-state index >= 15 is 0 Å². The smallest absolute Gasteiger partial charge is 0.231 e. The average molecular weight is 493 g/mol. The summed E-state index contributed by atoms with van der Waals surface area (Å²) in [6, 6.07) is 15.9. The molecule has 0 aromatic heterocycles. The van der Waals surface area contributed by atoms with E-state index in [-0.39, 0.29) is 12.7 Å². The first-order valence-electron chi connectivity index (χ1n) is 11.8. The van der Waals surface area contributed by atoms with Crippen LogP contribution >= 0.6 is 0 Å². The summed E-state index contributed by atoms with van der Waals surface area (Å²) in [4.78, 5) is 11.0. The summed E-state index contributed by atoms with van der Waals surface area (Å²) >= 11 is 0. The molecule has 0 fully saturated rings. The van der Waals surface area contributed by atoms with Crippen molar-refractivity contribution in [2.24, 2.45) is 0 Å². The Morgan fingerprint density at radius 1 is 0.972 bits per heavy atom. The number of ether oxygens (including phenoxy) is 5. The minimum absolute atomic E-state index is 0.0508. The number of nitrogens with one attached hydrogen (secondary N) is 2.